The lowest BCUT2D eigenvalue weighted by Gasteiger charge is -2.20. The minimum absolute atomic E-state index is 0.193. The third-order valence-corrected chi connectivity index (χ3v) is 5.63. The maximum Gasteiger partial charge on any atom is 0.260 e. The zero-order valence-corrected chi connectivity index (χ0v) is 14.0. The van der Waals surface area contributed by atoms with Crippen molar-refractivity contribution >= 4 is 10.0 Å². The first-order valence-electron chi connectivity index (χ1n) is 7.72. The minimum atomic E-state index is -3.45. The molecule has 0 aliphatic carbocycles. The highest BCUT2D eigenvalue weighted by molar-refractivity contribution is 7.89. The molecular formula is C14H26N4O2S. The predicted octanol–water partition coefficient (Wildman–Crippen LogP) is 1.64. The van der Waals surface area contributed by atoms with Crippen molar-refractivity contribution in [2.24, 2.45) is 0 Å². The Labute approximate surface area is 127 Å². The quantitative estimate of drug-likeness (QED) is 0.897. The van der Waals surface area contributed by atoms with E-state index in [0.717, 1.165) is 38.3 Å². The van der Waals surface area contributed by atoms with E-state index in [9.17, 15) is 8.42 Å². The van der Waals surface area contributed by atoms with Crippen LogP contribution in [0.25, 0.3) is 0 Å². The van der Waals surface area contributed by atoms with Crippen molar-refractivity contribution in [3.63, 3.8) is 0 Å². The monoisotopic (exact) mass is 314 g/mol. The van der Waals surface area contributed by atoms with Crippen molar-refractivity contribution < 1.29 is 8.42 Å². The Balaban J connectivity index is 2.11. The molecule has 120 valence electrons. The van der Waals surface area contributed by atoms with E-state index < -0.39 is 10.0 Å². The Hall–Kier alpha value is -0.920. The molecule has 1 aliphatic rings. The van der Waals surface area contributed by atoms with Crippen LogP contribution in [0.3, 0.4) is 0 Å². The first kappa shape index (κ1) is 16.5. The van der Waals surface area contributed by atoms with Crippen LogP contribution in [-0.2, 0) is 10.0 Å². The molecule has 2 heterocycles. The summed E-state index contributed by atoms with van der Waals surface area (Å²) in [7, 11) is -3.45. The van der Waals surface area contributed by atoms with Gasteiger partial charge in [0.25, 0.3) is 10.0 Å². The average Bonchev–Trinajstić information content (AvgIpc) is 2.82. The maximum atomic E-state index is 12.7. The van der Waals surface area contributed by atoms with Gasteiger partial charge in [-0.15, -0.1) is 0 Å². The number of sulfonamides is 1. The molecule has 0 amide bonds. The summed E-state index contributed by atoms with van der Waals surface area (Å²) in [4.78, 5) is 9.46. The molecule has 1 aromatic rings. The second-order valence-electron chi connectivity index (χ2n) is 5.89. The molecule has 0 spiro atoms. The van der Waals surface area contributed by atoms with E-state index in [1.807, 2.05) is 13.8 Å². The zero-order chi connectivity index (χ0) is 15.5. The molecule has 21 heavy (non-hydrogen) atoms. The lowest BCUT2D eigenvalue weighted by atomic mass is 10.2. The van der Waals surface area contributed by atoms with Crippen LogP contribution < -0.4 is 0 Å². The van der Waals surface area contributed by atoms with Gasteiger partial charge < -0.3 is 9.88 Å². The van der Waals surface area contributed by atoms with E-state index in [4.69, 9.17) is 0 Å². The summed E-state index contributed by atoms with van der Waals surface area (Å²) >= 11 is 0. The Kier molecular flexibility index (Phi) is 5.40. The number of hydrogen-bond acceptors (Lipinski definition) is 4. The molecule has 1 N–H and O–H groups in total. The van der Waals surface area contributed by atoms with Crippen LogP contribution in [-0.4, -0.2) is 60.3 Å². The first-order chi connectivity index (χ1) is 9.95. The molecule has 0 unspecified atom stereocenters. The van der Waals surface area contributed by atoms with Gasteiger partial charge in [0.05, 0.1) is 6.20 Å². The molecule has 1 aromatic heterocycles. The fraction of sp³-hybridized carbons (Fsp3) is 0.786. The van der Waals surface area contributed by atoms with Crippen LogP contribution >= 0.6 is 0 Å². The molecule has 1 fully saturated rings. The predicted molar refractivity (Wildman–Crippen MR) is 82.8 cm³/mol. The number of aromatic amines is 1. The number of H-pyrrole nitrogens is 1. The van der Waals surface area contributed by atoms with Crippen molar-refractivity contribution in [3.8, 4) is 0 Å². The van der Waals surface area contributed by atoms with Crippen LogP contribution in [0.2, 0.25) is 0 Å². The smallest absolute Gasteiger partial charge is 0.260 e. The van der Waals surface area contributed by atoms with Crippen LogP contribution in [0.4, 0.5) is 0 Å². The minimum Gasteiger partial charge on any atom is -0.332 e. The van der Waals surface area contributed by atoms with E-state index in [2.05, 4.69) is 21.8 Å². The largest absolute Gasteiger partial charge is 0.332 e. The second-order valence-corrected chi connectivity index (χ2v) is 7.79. The molecule has 1 saturated heterocycles. The van der Waals surface area contributed by atoms with Gasteiger partial charge in [-0.2, -0.15) is 4.31 Å². The summed E-state index contributed by atoms with van der Waals surface area (Å²) in [6, 6.07) is 0. The molecule has 6 nitrogen and oxygen atoms in total. The van der Waals surface area contributed by atoms with Crippen LogP contribution in [0.15, 0.2) is 11.2 Å². The summed E-state index contributed by atoms with van der Waals surface area (Å²) in [6.45, 7) is 10.1. The number of rotatable bonds is 5. The summed E-state index contributed by atoms with van der Waals surface area (Å²) in [5, 5.41) is 0.218. The van der Waals surface area contributed by atoms with E-state index in [1.54, 1.807) is 4.31 Å². The Morgan fingerprint density at radius 2 is 2.05 bits per heavy atom. The molecule has 0 bridgehead atoms. The topological polar surface area (TPSA) is 69.3 Å². The lowest BCUT2D eigenvalue weighted by molar-refractivity contribution is 0.287. The highest BCUT2D eigenvalue weighted by Crippen LogP contribution is 2.18. The van der Waals surface area contributed by atoms with E-state index in [-0.39, 0.29) is 10.9 Å². The second kappa shape index (κ2) is 6.89. The molecule has 7 heteroatoms. The standard InChI is InChI=1S/C14H26N4O2S/c1-4-6-17-7-5-8-18(10-9-17)21(19,20)13-11-15-14(16-13)12(2)3/h11-12H,4-10H2,1-3H3,(H,15,16). The Morgan fingerprint density at radius 3 is 2.67 bits per heavy atom. The Bertz CT molecular complexity index is 553. The molecule has 1 aliphatic heterocycles. The highest BCUT2D eigenvalue weighted by Gasteiger charge is 2.28. The van der Waals surface area contributed by atoms with Crippen LogP contribution in [0.5, 0.6) is 0 Å². The molecule has 0 atom stereocenters. The van der Waals surface area contributed by atoms with Gasteiger partial charge in [-0.25, -0.2) is 13.4 Å². The van der Waals surface area contributed by atoms with E-state index in [1.165, 1.54) is 6.20 Å². The number of nitrogens with one attached hydrogen (secondary N) is 1. The van der Waals surface area contributed by atoms with Gasteiger partial charge in [0, 0.05) is 25.6 Å². The summed E-state index contributed by atoms with van der Waals surface area (Å²) in [5.41, 5.74) is 0. The first-order valence-corrected chi connectivity index (χ1v) is 9.16. The normalized spacial score (nSPS) is 19.0. The lowest BCUT2D eigenvalue weighted by Crippen LogP contribution is -2.35. The number of nitrogens with zero attached hydrogens (tertiary/aromatic N) is 3. The summed E-state index contributed by atoms with van der Waals surface area (Å²) in [5.74, 6) is 0.911. The number of aromatic nitrogens is 2. The molecule has 0 aromatic carbocycles. The van der Waals surface area contributed by atoms with Gasteiger partial charge in [-0.05, 0) is 25.9 Å². The molecule has 0 saturated carbocycles. The van der Waals surface area contributed by atoms with Gasteiger partial charge in [0.1, 0.15) is 5.82 Å². The van der Waals surface area contributed by atoms with Gasteiger partial charge >= 0.3 is 0 Å². The molecular weight excluding hydrogens is 288 g/mol. The number of hydrogen-bond donors (Lipinski definition) is 1. The van der Waals surface area contributed by atoms with Crippen molar-refractivity contribution in [2.45, 2.75) is 44.6 Å². The van der Waals surface area contributed by atoms with Crippen molar-refractivity contribution in [1.29, 1.82) is 0 Å². The van der Waals surface area contributed by atoms with Crippen LogP contribution in [0, 0.1) is 0 Å². The van der Waals surface area contributed by atoms with Gasteiger partial charge in [0.15, 0.2) is 5.03 Å². The summed E-state index contributed by atoms with van der Waals surface area (Å²) in [6.07, 6.45) is 3.43. The highest BCUT2D eigenvalue weighted by atomic mass is 32.2. The number of imidazole rings is 1. The fourth-order valence-corrected chi connectivity index (χ4v) is 4.00. The van der Waals surface area contributed by atoms with E-state index in [0.29, 0.717) is 13.1 Å². The Morgan fingerprint density at radius 1 is 1.29 bits per heavy atom. The summed E-state index contributed by atoms with van der Waals surface area (Å²) < 4.78 is 26.9. The SMILES string of the molecule is CCCN1CCCN(S(=O)(=O)c2cnc(C(C)C)[nH]2)CC1. The maximum absolute atomic E-state index is 12.7. The van der Waals surface area contributed by atoms with Gasteiger partial charge in [-0.3, -0.25) is 0 Å². The average molecular weight is 314 g/mol. The van der Waals surface area contributed by atoms with E-state index >= 15 is 0 Å². The van der Waals surface area contributed by atoms with Gasteiger partial charge in [-0.1, -0.05) is 20.8 Å². The van der Waals surface area contributed by atoms with Crippen LogP contribution in [0.1, 0.15) is 45.4 Å². The third-order valence-electron chi connectivity index (χ3n) is 3.82. The van der Waals surface area contributed by atoms with Crippen molar-refractivity contribution in [1.82, 2.24) is 19.2 Å². The third kappa shape index (κ3) is 3.84. The van der Waals surface area contributed by atoms with Crippen molar-refractivity contribution in [2.75, 3.05) is 32.7 Å². The zero-order valence-electron chi connectivity index (χ0n) is 13.2. The van der Waals surface area contributed by atoms with Crippen molar-refractivity contribution in [3.05, 3.63) is 12.0 Å². The van der Waals surface area contributed by atoms with Gasteiger partial charge in [0.2, 0.25) is 0 Å². The fourth-order valence-electron chi connectivity index (χ4n) is 2.61. The molecule has 0 radical (unpaired) electrons. The molecule has 2 rings (SSSR count).